The summed E-state index contributed by atoms with van der Waals surface area (Å²) in [4.78, 5) is 0. The SMILES string of the molecule is CNCC[C@@H](CNC(C)C)CC(C)N. The van der Waals surface area contributed by atoms with Crippen LogP contribution in [0.15, 0.2) is 0 Å². The Labute approximate surface area is 88.8 Å². The van der Waals surface area contributed by atoms with Gasteiger partial charge in [0.15, 0.2) is 0 Å². The molecule has 0 rings (SSSR count). The van der Waals surface area contributed by atoms with E-state index >= 15 is 0 Å². The van der Waals surface area contributed by atoms with Crippen LogP contribution in [0.1, 0.15) is 33.6 Å². The average molecular weight is 201 g/mol. The van der Waals surface area contributed by atoms with Crippen LogP contribution in [0.4, 0.5) is 0 Å². The third-order valence-corrected chi connectivity index (χ3v) is 2.32. The number of hydrogen-bond acceptors (Lipinski definition) is 3. The molecule has 0 amide bonds. The highest BCUT2D eigenvalue weighted by atomic mass is 14.9. The Balaban J connectivity index is 3.72. The van der Waals surface area contributed by atoms with Gasteiger partial charge in [-0.3, -0.25) is 0 Å². The number of nitrogens with two attached hydrogens (primary N) is 1. The van der Waals surface area contributed by atoms with E-state index in [0.717, 1.165) is 19.5 Å². The molecule has 0 fully saturated rings. The van der Waals surface area contributed by atoms with Gasteiger partial charge in [0.2, 0.25) is 0 Å². The van der Waals surface area contributed by atoms with E-state index in [1.54, 1.807) is 0 Å². The van der Waals surface area contributed by atoms with Crippen LogP contribution in [-0.4, -0.2) is 32.2 Å². The molecule has 4 N–H and O–H groups in total. The molecule has 2 atom stereocenters. The van der Waals surface area contributed by atoms with Crippen LogP contribution >= 0.6 is 0 Å². The van der Waals surface area contributed by atoms with Crippen molar-refractivity contribution in [1.82, 2.24) is 10.6 Å². The molecule has 14 heavy (non-hydrogen) atoms. The van der Waals surface area contributed by atoms with Gasteiger partial charge in [0, 0.05) is 12.1 Å². The lowest BCUT2D eigenvalue weighted by Crippen LogP contribution is -2.33. The van der Waals surface area contributed by atoms with Crippen LogP contribution in [0.3, 0.4) is 0 Å². The normalized spacial score (nSPS) is 15.9. The van der Waals surface area contributed by atoms with Crippen molar-refractivity contribution in [2.24, 2.45) is 11.7 Å². The van der Waals surface area contributed by atoms with Crippen molar-refractivity contribution in [3.8, 4) is 0 Å². The van der Waals surface area contributed by atoms with E-state index in [9.17, 15) is 0 Å². The molecule has 0 aliphatic carbocycles. The third-order valence-electron chi connectivity index (χ3n) is 2.32. The third kappa shape index (κ3) is 8.48. The Morgan fingerprint density at radius 2 is 1.86 bits per heavy atom. The zero-order chi connectivity index (χ0) is 11.0. The van der Waals surface area contributed by atoms with Crippen LogP contribution in [0.5, 0.6) is 0 Å². The van der Waals surface area contributed by atoms with E-state index in [1.165, 1.54) is 6.42 Å². The van der Waals surface area contributed by atoms with Crippen LogP contribution in [0, 0.1) is 5.92 Å². The van der Waals surface area contributed by atoms with Crippen molar-refractivity contribution >= 4 is 0 Å². The first kappa shape index (κ1) is 13.9. The zero-order valence-electron chi connectivity index (χ0n) is 10.1. The van der Waals surface area contributed by atoms with Crippen LogP contribution in [0.2, 0.25) is 0 Å². The number of hydrogen-bond donors (Lipinski definition) is 3. The minimum Gasteiger partial charge on any atom is -0.328 e. The van der Waals surface area contributed by atoms with Gasteiger partial charge >= 0.3 is 0 Å². The lowest BCUT2D eigenvalue weighted by atomic mass is 9.97. The van der Waals surface area contributed by atoms with Crippen molar-refractivity contribution in [2.45, 2.75) is 45.7 Å². The molecular weight excluding hydrogens is 174 g/mol. The maximum Gasteiger partial charge on any atom is 0.00136 e. The lowest BCUT2D eigenvalue weighted by Gasteiger charge is -2.20. The molecule has 86 valence electrons. The fraction of sp³-hybridized carbons (Fsp3) is 1.00. The van der Waals surface area contributed by atoms with Gasteiger partial charge < -0.3 is 16.4 Å². The Morgan fingerprint density at radius 1 is 1.21 bits per heavy atom. The summed E-state index contributed by atoms with van der Waals surface area (Å²) < 4.78 is 0. The van der Waals surface area contributed by atoms with Crippen molar-refractivity contribution < 1.29 is 0 Å². The predicted octanol–water partition coefficient (Wildman–Crippen LogP) is 0.947. The summed E-state index contributed by atoms with van der Waals surface area (Å²) in [6.45, 7) is 8.61. The van der Waals surface area contributed by atoms with Gasteiger partial charge in [-0.15, -0.1) is 0 Å². The molecule has 0 aromatic carbocycles. The molecule has 0 bridgehead atoms. The van der Waals surface area contributed by atoms with Crippen molar-refractivity contribution in [3.63, 3.8) is 0 Å². The molecule has 3 heteroatoms. The highest BCUT2D eigenvalue weighted by Gasteiger charge is 2.10. The van der Waals surface area contributed by atoms with Crippen LogP contribution in [-0.2, 0) is 0 Å². The van der Waals surface area contributed by atoms with Gasteiger partial charge in [-0.2, -0.15) is 0 Å². The molecule has 0 radical (unpaired) electrons. The van der Waals surface area contributed by atoms with E-state index in [1.807, 2.05) is 7.05 Å². The summed E-state index contributed by atoms with van der Waals surface area (Å²) in [5.41, 5.74) is 5.82. The molecule has 0 aliphatic heterocycles. The van der Waals surface area contributed by atoms with Gasteiger partial charge in [0.05, 0.1) is 0 Å². The first-order valence-corrected chi connectivity index (χ1v) is 5.69. The van der Waals surface area contributed by atoms with Gasteiger partial charge in [0.25, 0.3) is 0 Å². The van der Waals surface area contributed by atoms with Crippen LogP contribution in [0.25, 0.3) is 0 Å². The molecule has 0 saturated carbocycles. The predicted molar refractivity (Wildman–Crippen MR) is 63.4 cm³/mol. The molecule has 0 aromatic heterocycles. The second-order valence-corrected chi connectivity index (χ2v) is 4.53. The monoisotopic (exact) mass is 201 g/mol. The largest absolute Gasteiger partial charge is 0.328 e. The summed E-state index contributed by atoms with van der Waals surface area (Å²) in [6, 6.07) is 0.881. The summed E-state index contributed by atoms with van der Waals surface area (Å²) in [5.74, 6) is 0.699. The smallest absolute Gasteiger partial charge is 0.00136 e. The highest BCUT2D eigenvalue weighted by Crippen LogP contribution is 2.09. The lowest BCUT2D eigenvalue weighted by molar-refractivity contribution is 0.376. The quantitative estimate of drug-likeness (QED) is 0.548. The fourth-order valence-electron chi connectivity index (χ4n) is 1.58. The van der Waals surface area contributed by atoms with Gasteiger partial charge in [0.1, 0.15) is 0 Å². The second-order valence-electron chi connectivity index (χ2n) is 4.53. The number of rotatable bonds is 8. The van der Waals surface area contributed by atoms with E-state index in [-0.39, 0.29) is 0 Å². The Kier molecular flexibility index (Phi) is 8.14. The maximum atomic E-state index is 5.82. The fourth-order valence-corrected chi connectivity index (χ4v) is 1.58. The Bertz CT molecular complexity index is 124. The van der Waals surface area contributed by atoms with Crippen molar-refractivity contribution in [2.75, 3.05) is 20.1 Å². The van der Waals surface area contributed by atoms with Crippen LogP contribution < -0.4 is 16.4 Å². The molecule has 0 aliphatic rings. The molecule has 0 saturated heterocycles. The standard InChI is InChI=1S/C11H27N3/c1-9(2)14-8-11(5-6-13-4)7-10(3)12/h9-11,13-14H,5-8,12H2,1-4H3/t10?,11-/m1/s1. The molecule has 0 spiro atoms. The minimum absolute atomic E-state index is 0.311. The summed E-state index contributed by atoms with van der Waals surface area (Å²) >= 11 is 0. The maximum absolute atomic E-state index is 5.82. The van der Waals surface area contributed by atoms with Gasteiger partial charge in [-0.25, -0.2) is 0 Å². The van der Waals surface area contributed by atoms with E-state index in [4.69, 9.17) is 5.73 Å². The molecule has 0 aromatic rings. The van der Waals surface area contributed by atoms with Gasteiger partial charge in [-0.1, -0.05) is 13.8 Å². The first-order chi connectivity index (χ1) is 6.56. The second kappa shape index (κ2) is 8.21. The Hall–Kier alpha value is -0.120. The van der Waals surface area contributed by atoms with Crippen molar-refractivity contribution in [1.29, 1.82) is 0 Å². The molecular formula is C11H27N3. The summed E-state index contributed by atoms with van der Waals surface area (Å²) in [6.07, 6.45) is 2.32. The van der Waals surface area contributed by atoms with Crippen molar-refractivity contribution in [3.05, 3.63) is 0 Å². The first-order valence-electron chi connectivity index (χ1n) is 5.69. The molecule has 1 unspecified atom stereocenters. The zero-order valence-corrected chi connectivity index (χ0v) is 10.1. The summed E-state index contributed by atoms with van der Waals surface area (Å²) in [7, 11) is 2.00. The topological polar surface area (TPSA) is 50.1 Å². The van der Waals surface area contributed by atoms with Gasteiger partial charge in [-0.05, 0) is 45.8 Å². The van der Waals surface area contributed by atoms with E-state index in [0.29, 0.717) is 18.0 Å². The average Bonchev–Trinajstić information content (AvgIpc) is 2.09. The number of nitrogens with one attached hydrogen (secondary N) is 2. The van der Waals surface area contributed by atoms with E-state index in [2.05, 4.69) is 31.4 Å². The highest BCUT2D eigenvalue weighted by molar-refractivity contribution is 4.69. The molecule has 3 nitrogen and oxygen atoms in total. The summed E-state index contributed by atoms with van der Waals surface area (Å²) in [5, 5.41) is 6.67. The Morgan fingerprint density at radius 3 is 2.29 bits per heavy atom. The minimum atomic E-state index is 0.311. The molecule has 0 heterocycles. The van der Waals surface area contributed by atoms with E-state index < -0.39 is 0 Å².